The van der Waals surface area contributed by atoms with Gasteiger partial charge in [-0.3, -0.25) is 9.59 Å². The van der Waals surface area contributed by atoms with Crippen molar-refractivity contribution in [1.82, 2.24) is 10.2 Å². The lowest BCUT2D eigenvalue weighted by atomic mass is 9.95. The number of nitrogens with one attached hydrogen (secondary N) is 1. The zero-order chi connectivity index (χ0) is 15.3. The average Bonchev–Trinajstić information content (AvgIpc) is 2.35. The number of piperazine rings is 1. The van der Waals surface area contributed by atoms with Gasteiger partial charge in [0.25, 0.3) is 0 Å². The van der Waals surface area contributed by atoms with E-state index in [0.29, 0.717) is 25.4 Å². The van der Waals surface area contributed by atoms with Gasteiger partial charge in [-0.15, -0.1) is 0 Å². The molecule has 3 unspecified atom stereocenters. The van der Waals surface area contributed by atoms with Crippen LogP contribution in [0.1, 0.15) is 47.0 Å². The van der Waals surface area contributed by atoms with Crippen molar-refractivity contribution < 1.29 is 14.3 Å². The van der Waals surface area contributed by atoms with Gasteiger partial charge in [-0.2, -0.15) is 0 Å². The number of ether oxygens (including phenoxy) is 1. The van der Waals surface area contributed by atoms with Crippen molar-refractivity contribution in [3.8, 4) is 0 Å². The lowest BCUT2D eigenvalue weighted by Gasteiger charge is -2.42. The van der Waals surface area contributed by atoms with Gasteiger partial charge in [0.15, 0.2) is 0 Å². The van der Waals surface area contributed by atoms with Crippen molar-refractivity contribution in [3.63, 3.8) is 0 Å². The first kappa shape index (κ1) is 17.0. The molecule has 1 rings (SSSR count). The zero-order valence-corrected chi connectivity index (χ0v) is 13.3. The predicted molar refractivity (Wildman–Crippen MR) is 78.3 cm³/mol. The van der Waals surface area contributed by atoms with Gasteiger partial charge >= 0.3 is 0 Å². The Hall–Kier alpha value is -1.10. The number of carbonyl (C=O) groups is 2. The first-order valence-electron chi connectivity index (χ1n) is 7.53. The lowest BCUT2D eigenvalue weighted by Crippen LogP contribution is -2.66. The maximum Gasteiger partial charge on any atom is 0.246 e. The van der Waals surface area contributed by atoms with Crippen LogP contribution in [0.5, 0.6) is 0 Å². The molecule has 1 aliphatic heterocycles. The molecule has 1 heterocycles. The van der Waals surface area contributed by atoms with Gasteiger partial charge in [0.05, 0.1) is 12.6 Å². The minimum atomic E-state index is -0.379. The fourth-order valence-corrected chi connectivity index (χ4v) is 2.79. The summed E-state index contributed by atoms with van der Waals surface area (Å²) in [6, 6.07) is -0.836. The second kappa shape index (κ2) is 7.62. The molecule has 0 aromatic carbocycles. The second-order valence-electron chi connectivity index (χ2n) is 6.05. The highest BCUT2D eigenvalue weighted by molar-refractivity contribution is 5.97. The third kappa shape index (κ3) is 3.95. The average molecular weight is 284 g/mol. The zero-order valence-electron chi connectivity index (χ0n) is 13.3. The van der Waals surface area contributed by atoms with E-state index in [1.807, 2.05) is 13.8 Å². The van der Waals surface area contributed by atoms with Crippen molar-refractivity contribution in [1.29, 1.82) is 0 Å². The molecule has 1 aliphatic rings. The van der Waals surface area contributed by atoms with E-state index in [2.05, 4.69) is 19.2 Å². The Balaban J connectivity index is 2.96. The van der Waals surface area contributed by atoms with Gasteiger partial charge in [0, 0.05) is 7.11 Å². The van der Waals surface area contributed by atoms with Crippen molar-refractivity contribution in [2.75, 3.05) is 13.7 Å². The molecule has 0 bridgehead atoms. The van der Waals surface area contributed by atoms with Crippen LogP contribution in [0, 0.1) is 5.92 Å². The predicted octanol–water partition coefficient (Wildman–Crippen LogP) is 1.56. The van der Waals surface area contributed by atoms with Gasteiger partial charge < -0.3 is 15.0 Å². The Labute approximate surface area is 122 Å². The monoisotopic (exact) mass is 284 g/mol. The molecule has 0 aliphatic carbocycles. The molecule has 20 heavy (non-hydrogen) atoms. The molecular weight excluding hydrogens is 256 g/mol. The molecule has 5 heteroatoms. The highest BCUT2D eigenvalue weighted by Gasteiger charge is 2.42. The minimum absolute atomic E-state index is 0.0281. The normalized spacial score (nSPS) is 25.0. The van der Waals surface area contributed by atoms with Gasteiger partial charge in [0.1, 0.15) is 12.1 Å². The molecule has 2 amide bonds. The summed E-state index contributed by atoms with van der Waals surface area (Å²) in [7, 11) is 1.62. The largest absolute Gasteiger partial charge is 0.383 e. The molecule has 0 aromatic heterocycles. The van der Waals surface area contributed by atoms with E-state index in [1.54, 1.807) is 12.0 Å². The second-order valence-corrected chi connectivity index (χ2v) is 6.05. The number of carbonyl (C=O) groups excluding carboxylic acids is 2. The topological polar surface area (TPSA) is 58.6 Å². The summed E-state index contributed by atoms with van der Waals surface area (Å²) >= 11 is 0. The van der Waals surface area contributed by atoms with E-state index in [9.17, 15) is 9.59 Å². The summed E-state index contributed by atoms with van der Waals surface area (Å²) < 4.78 is 5.16. The maximum absolute atomic E-state index is 12.6. The van der Waals surface area contributed by atoms with E-state index in [4.69, 9.17) is 4.74 Å². The van der Waals surface area contributed by atoms with E-state index < -0.39 is 0 Å². The van der Waals surface area contributed by atoms with Gasteiger partial charge in [-0.05, 0) is 25.7 Å². The summed E-state index contributed by atoms with van der Waals surface area (Å²) in [6.07, 6.45) is 2.25. The molecule has 5 nitrogen and oxygen atoms in total. The molecule has 116 valence electrons. The van der Waals surface area contributed by atoms with Crippen LogP contribution in [0.3, 0.4) is 0 Å². The Morgan fingerprint density at radius 2 is 1.95 bits per heavy atom. The maximum atomic E-state index is 12.6. The highest BCUT2D eigenvalue weighted by atomic mass is 16.5. The van der Waals surface area contributed by atoms with E-state index in [1.165, 1.54) is 0 Å². The van der Waals surface area contributed by atoms with Gasteiger partial charge in [-0.1, -0.05) is 27.2 Å². The van der Waals surface area contributed by atoms with Crippen molar-refractivity contribution >= 4 is 11.8 Å². The quantitative estimate of drug-likeness (QED) is 0.772. The lowest BCUT2D eigenvalue weighted by molar-refractivity contribution is -0.153. The molecule has 1 saturated heterocycles. The standard InChI is InChI=1S/C15H28N2O3/c1-6-7-12-15(19)17(11(4)9-20-5)13(8-10(2)3)14(18)16-12/h10-13H,6-9H2,1-5H3,(H,16,18). The van der Waals surface area contributed by atoms with Crippen LogP contribution < -0.4 is 5.32 Å². The summed E-state index contributed by atoms with van der Waals surface area (Å²) in [5, 5.41) is 2.88. The highest BCUT2D eigenvalue weighted by Crippen LogP contribution is 2.22. The van der Waals surface area contributed by atoms with Crippen LogP contribution in [0.25, 0.3) is 0 Å². The van der Waals surface area contributed by atoms with Crippen LogP contribution in [0.2, 0.25) is 0 Å². The number of methoxy groups -OCH3 is 1. The molecule has 1 fully saturated rings. The minimum Gasteiger partial charge on any atom is -0.383 e. The van der Waals surface area contributed by atoms with E-state index >= 15 is 0 Å². The molecule has 3 atom stereocenters. The summed E-state index contributed by atoms with van der Waals surface area (Å²) in [6.45, 7) is 8.54. The van der Waals surface area contributed by atoms with Crippen LogP contribution in [0.4, 0.5) is 0 Å². The van der Waals surface area contributed by atoms with Crippen LogP contribution >= 0.6 is 0 Å². The van der Waals surface area contributed by atoms with Crippen molar-refractivity contribution in [2.45, 2.75) is 65.1 Å². The number of rotatable bonds is 7. The number of amides is 2. The molecule has 0 spiro atoms. The first-order valence-corrected chi connectivity index (χ1v) is 7.53. The number of hydrogen-bond acceptors (Lipinski definition) is 3. The fourth-order valence-electron chi connectivity index (χ4n) is 2.79. The molecule has 0 radical (unpaired) electrons. The Morgan fingerprint density at radius 3 is 2.45 bits per heavy atom. The van der Waals surface area contributed by atoms with Gasteiger partial charge in [0.2, 0.25) is 11.8 Å². The molecular formula is C15H28N2O3. The van der Waals surface area contributed by atoms with Crippen LogP contribution in [0.15, 0.2) is 0 Å². The van der Waals surface area contributed by atoms with Crippen molar-refractivity contribution in [3.05, 3.63) is 0 Å². The summed E-state index contributed by atoms with van der Waals surface area (Å²) in [5.41, 5.74) is 0. The fraction of sp³-hybridized carbons (Fsp3) is 0.867. The summed E-state index contributed by atoms with van der Waals surface area (Å²) in [4.78, 5) is 26.7. The van der Waals surface area contributed by atoms with Crippen LogP contribution in [-0.2, 0) is 14.3 Å². The van der Waals surface area contributed by atoms with E-state index in [-0.39, 0.29) is 29.9 Å². The van der Waals surface area contributed by atoms with Gasteiger partial charge in [-0.25, -0.2) is 0 Å². The third-order valence-electron chi connectivity index (χ3n) is 3.66. The van der Waals surface area contributed by atoms with Crippen molar-refractivity contribution in [2.24, 2.45) is 5.92 Å². The summed E-state index contributed by atoms with van der Waals surface area (Å²) in [5.74, 6) is 0.361. The Morgan fingerprint density at radius 1 is 1.30 bits per heavy atom. The third-order valence-corrected chi connectivity index (χ3v) is 3.66. The SMILES string of the molecule is CCCC1NC(=O)C(CC(C)C)N(C(C)COC)C1=O. The number of nitrogens with zero attached hydrogens (tertiary/aromatic N) is 1. The Kier molecular flexibility index (Phi) is 6.46. The Bertz CT molecular complexity index is 344. The molecule has 0 aromatic rings. The first-order chi connectivity index (χ1) is 9.42. The van der Waals surface area contributed by atoms with E-state index in [0.717, 1.165) is 6.42 Å². The molecule has 1 N–H and O–H groups in total. The van der Waals surface area contributed by atoms with Crippen LogP contribution in [-0.4, -0.2) is 48.6 Å². The number of hydrogen-bond donors (Lipinski definition) is 1. The smallest absolute Gasteiger partial charge is 0.246 e. The molecule has 0 saturated carbocycles.